The number of thiophene rings is 1. The highest BCUT2D eigenvalue weighted by molar-refractivity contribution is 7.08. The van der Waals surface area contributed by atoms with E-state index in [0.717, 1.165) is 45.3 Å². The molecular formula is C25H18F3N5OS. The summed E-state index contributed by atoms with van der Waals surface area (Å²) in [4.78, 5) is 12.3. The quantitative estimate of drug-likeness (QED) is 0.213. The van der Waals surface area contributed by atoms with E-state index in [-0.39, 0.29) is 5.69 Å². The molecule has 0 fully saturated rings. The number of urea groups is 1. The first-order valence-electron chi connectivity index (χ1n) is 10.4. The van der Waals surface area contributed by atoms with Crippen LogP contribution in [-0.2, 0) is 6.18 Å². The van der Waals surface area contributed by atoms with Gasteiger partial charge in [0, 0.05) is 16.9 Å². The van der Waals surface area contributed by atoms with Gasteiger partial charge in [-0.1, -0.05) is 30.3 Å². The predicted molar refractivity (Wildman–Crippen MR) is 133 cm³/mol. The van der Waals surface area contributed by atoms with E-state index in [2.05, 4.69) is 26.2 Å². The van der Waals surface area contributed by atoms with Crippen LogP contribution in [0.2, 0.25) is 0 Å². The van der Waals surface area contributed by atoms with Gasteiger partial charge in [-0.25, -0.2) is 4.79 Å². The lowest BCUT2D eigenvalue weighted by Gasteiger charge is -2.12. The fourth-order valence-electron chi connectivity index (χ4n) is 3.86. The Labute approximate surface area is 201 Å². The van der Waals surface area contributed by atoms with E-state index in [1.807, 2.05) is 35.7 Å². The maximum atomic E-state index is 12.9. The van der Waals surface area contributed by atoms with Gasteiger partial charge in [0.05, 0.1) is 16.5 Å². The van der Waals surface area contributed by atoms with Gasteiger partial charge in [0.15, 0.2) is 5.82 Å². The molecule has 0 spiro atoms. The lowest BCUT2D eigenvalue weighted by molar-refractivity contribution is -0.137. The average Bonchev–Trinajstić information content (AvgIpc) is 3.49. The van der Waals surface area contributed by atoms with Gasteiger partial charge in [-0.3, -0.25) is 5.10 Å². The van der Waals surface area contributed by atoms with Crippen molar-refractivity contribution < 1.29 is 18.0 Å². The third-order valence-corrected chi connectivity index (χ3v) is 6.17. The summed E-state index contributed by atoms with van der Waals surface area (Å²) in [6, 6.07) is 16.9. The number of carbonyl (C=O) groups excluding carboxylic acids is 1. The minimum Gasteiger partial charge on any atom is -0.382 e. The van der Waals surface area contributed by atoms with Gasteiger partial charge in [0.2, 0.25) is 0 Å². The second kappa shape index (κ2) is 8.80. The molecule has 5 N–H and O–H groups in total. The van der Waals surface area contributed by atoms with Gasteiger partial charge in [-0.15, -0.1) is 0 Å². The number of benzene rings is 3. The number of carbonyl (C=O) groups is 1. The Kier molecular flexibility index (Phi) is 5.65. The summed E-state index contributed by atoms with van der Waals surface area (Å²) in [5.74, 6) is 0.384. The number of fused-ring (bicyclic) bond motifs is 1. The lowest BCUT2D eigenvalue weighted by atomic mass is 9.96. The maximum absolute atomic E-state index is 12.9. The SMILES string of the molecule is Nc1n[nH]c2c(-c3ccsc3)ccc(-c3ccc(NC(=O)Nc4cccc(C(F)(F)F)c4)cc3)c12. The van der Waals surface area contributed by atoms with E-state index in [9.17, 15) is 18.0 Å². The molecule has 0 radical (unpaired) electrons. The van der Waals surface area contributed by atoms with Crippen LogP contribution in [0.5, 0.6) is 0 Å². The first-order valence-corrected chi connectivity index (χ1v) is 11.4. The maximum Gasteiger partial charge on any atom is 0.416 e. The van der Waals surface area contributed by atoms with E-state index in [0.29, 0.717) is 11.5 Å². The highest BCUT2D eigenvalue weighted by Crippen LogP contribution is 2.38. The monoisotopic (exact) mass is 493 g/mol. The van der Waals surface area contributed by atoms with Gasteiger partial charge < -0.3 is 16.4 Å². The molecular weight excluding hydrogens is 475 g/mol. The van der Waals surface area contributed by atoms with Crippen LogP contribution in [0, 0.1) is 0 Å². The number of H-pyrrole nitrogens is 1. The van der Waals surface area contributed by atoms with Gasteiger partial charge in [-0.05, 0) is 63.8 Å². The number of hydrogen-bond acceptors (Lipinski definition) is 4. The number of rotatable bonds is 4. The average molecular weight is 494 g/mol. The van der Waals surface area contributed by atoms with Crippen LogP contribution >= 0.6 is 11.3 Å². The molecule has 0 bridgehead atoms. The van der Waals surface area contributed by atoms with Gasteiger partial charge in [0.25, 0.3) is 0 Å². The summed E-state index contributed by atoms with van der Waals surface area (Å²) in [5.41, 5.74) is 10.5. The van der Waals surface area contributed by atoms with E-state index < -0.39 is 17.8 Å². The topological polar surface area (TPSA) is 95.8 Å². The van der Waals surface area contributed by atoms with Gasteiger partial charge in [-0.2, -0.15) is 29.6 Å². The summed E-state index contributed by atoms with van der Waals surface area (Å²) < 4.78 is 38.7. The number of nitrogen functional groups attached to an aromatic ring is 1. The van der Waals surface area contributed by atoms with Crippen LogP contribution in [0.15, 0.2) is 77.5 Å². The zero-order valence-electron chi connectivity index (χ0n) is 18.0. The number of amides is 2. The van der Waals surface area contributed by atoms with E-state index in [1.165, 1.54) is 12.1 Å². The molecule has 0 saturated heterocycles. The van der Waals surface area contributed by atoms with Gasteiger partial charge >= 0.3 is 12.2 Å². The fraction of sp³-hybridized carbons (Fsp3) is 0.0400. The molecule has 2 heterocycles. The van der Waals surface area contributed by atoms with Crippen molar-refractivity contribution >= 4 is 45.5 Å². The number of anilines is 3. The molecule has 5 aromatic rings. The molecule has 0 atom stereocenters. The summed E-state index contributed by atoms with van der Waals surface area (Å²) in [5, 5.41) is 17.1. The first-order chi connectivity index (χ1) is 16.8. The van der Waals surface area contributed by atoms with Crippen molar-refractivity contribution in [1.82, 2.24) is 10.2 Å². The van der Waals surface area contributed by atoms with Crippen molar-refractivity contribution in [3.05, 3.63) is 83.1 Å². The van der Waals surface area contributed by atoms with E-state index >= 15 is 0 Å². The molecule has 6 nitrogen and oxygen atoms in total. The molecule has 0 saturated carbocycles. The molecule has 5 rings (SSSR count). The number of hydrogen-bond donors (Lipinski definition) is 4. The highest BCUT2D eigenvalue weighted by atomic mass is 32.1. The predicted octanol–water partition coefficient (Wildman–Crippen LogP) is 7.20. The number of alkyl halides is 3. The molecule has 0 unspecified atom stereocenters. The van der Waals surface area contributed by atoms with Crippen LogP contribution in [0.4, 0.5) is 35.2 Å². The number of nitrogens with one attached hydrogen (secondary N) is 3. The zero-order chi connectivity index (χ0) is 24.6. The van der Waals surface area contributed by atoms with Crippen LogP contribution in [0.25, 0.3) is 33.2 Å². The number of nitrogens with two attached hydrogens (primary N) is 1. The van der Waals surface area contributed by atoms with Crippen LogP contribution in [0.1, 0.15) is 5.56 Å². The van der Waals surface area contributed by atoms with Crippen molar-refractivity contribution in [2.75, 3.05) is 16.4 Å². The molecule has 0 aliphatic heterocycles. The Bertz CT molecular complexity index is 1510. The molecule has 0 aliphatic rings. The van der Waals surface area contributed by atoms with Crippen molar-refractivity contribution in [3.8, 4) is 22.3 Å². The molecule has 2 aromatic heterocycles. The number of nitrogens with zero attached hydrogens (tertiary/aromatic N) is 1. The third-order valence-electron chi connectivity index (χ3n) is 5.48. The lowest BCUT2D eigenvalue weighted by Crippen LogP contribution is -2.19. The number of halogens is 3. The largest absolute Gasteiger partial charge is 0.416 e. The summed E-state index contributed by atoms with van der Waals surface area (Å²) in [7, 11) is 0. The second-order valence-corrected chi connectivity index (χ2v) is 8.55. The molecule has 35 heavy (non-hydrogen) atoms. The minimum absolute atomic E-state index is 0.0393. The highest BCUT2D eigenvalue weighted by Gasteiger charge is 2.30. The minimum atomic E-state index is -4.49. The second-order valence-electron chi connectivity index (χ2n) is 7.77. The van der Waals surface area contributed by atoms with Crippen LogP contribution < -0.4 is 16.4 Å². The Morgan fingerprint density at radius 1 is 0.914 bits per heavy atom. The Morgan fingerprint density at radius 2 is 1.66 bits per heavy atom. The number of aromatic nitrogens is 2. The van der Waals surface area contributed by atoms with Crippen molar-refractivity contribution in [2.24, 2.45) is 0 Å². The molecule has 0 aliphatic carbocycles. The Hall–Kier alpha value is -4.31. The molecule has 3 aromatic carbocycles. The zero-order valence-corrected chi connectivity index (χ0v) is 18.8. The first kappa shape index (κ1) is 22.5. The van der Waals surface area contributed by atoms with E-state index in [1.54, 1.807) is 23.5 Å². The smallest absolute Gasteiger partial charge is 0.382 e. The Morgan fingerprint density at radius 3 is 2.37 bits per heavy atom. The summed E-state index contributed by atoms with van der Waals surface area (Å²) in [6.07, 6.45) is -4.49. The fourth-order valence-corrected chi connectivity index (χ4v) is 4.51. The third kappa shape index (κ3) is 4.56. The van der Waals surface area contributed by atoms with Crippen LogP contribution in [-0.4, -0.2) is 16.2 Å². The standard InChI is InChI=1S/C25H18F3N5OS/c26-25(27,28)16-2-1-3-18(12-16)31-24(34)30-17-6-4-14(5-7-17)19-8-9-20(15-10-11-35-13-15)22-21(19)23(29)33-32-22/h1-13H,(H3,29,32,33)(H2,30,31,34). The van der Waals surface area contributed by atoms with Crippen molar-refractivity contribution in [2.45, 2.75) is 6.18 Å². The summed E-state index contributed by atoms with van der Waals surface area (Å²) in [6.45, 7) is 0. The van der Waals surface area contributed by atoms with Crippen molar-refractivity contribution in [1.29, 1.82) is 0 Å². The molecule has 176 valence electrons. The molecule has 2 amide bonds. The molecule has 10 heteroatoms. The Balaban J connectivity index is 1.36. The summed E-state index contributed by atoms with van der Waals surface area (Å²) >= 11 is 1.60. The van der Waals surface area contributed by atoms with Gasteiger partial charge in [0.1, 0.15) is 0 Å². The van der Waals surface area contributed by atoms with Crippen LogP contribution in [0.3, 0.4) is 0 Å². The van der Waals surface area contributed by atoms with Crippen molar-refractivity contribution in [3.63, 3.8) is 0 Å². The van der Waals surface area contributed by atoms with E-state index in [4.69, 9.17) is 5.73 Å². The number of aromatic amines is 1. The normalized spacial score (nSPS) is 11.5.